The summed E-state index contributed by atoms with van der Waals surface area (Å²) in [6, 6.07) is 4.66. The summed E-state index contributed by atoms with van der Waals surface area (Å²) in [6.07, 6.45) is 0.140. The molecule has 0 spiro atoms. The van der Waals surface area contributed by atoms with Crippen LogP contribution in [0.25, 0.3) is 0 Å². The summed E-state index contributed by atoms with van der Waals surface area (Å²) < 4.78 is 25.0. The Hall–Kier alpha value is -1.14. The molecular weight excluding hydrogens is 353 g/mol. The molecule has 1 aliphatic heterocycles. The number of ether oxygens (including phenoxy) is 2. The average molecular weight is 374 g/mol. The molecule has 4 nitrogen and oxygen atoms in total. The Morgan fingerprint density at radius 2 is 2.09 bits per heavy atom. The first-order valence-corrected chi connectivity index (χ1v) is 7.98. The van der Waals surface area contributed by atoms with E-state index < -0.39 is 11.7 Å². The van der Waals surface area contributed by atoms with Gasteiger partial charge in [-0.25, -0.2) is 9.18 Å². The molecule has 0 radical (unpaired) electrons. The first kappa shape index (κ1) is 17.2. The van der Waals surface area contributed by atoms with Crippen LogP contribution in [0.1, 0.15) is 38.8 Å². The maximum absolute atomic E-state index is 13.8. The van der Waals surface area contributed by atoms with Crippen molar-refractivity contribution < 1.29 is 18.7 Å². The van der Waals surface area contributed by atoms with Crippen LogP contribution in [0.3, 0.4) is 0 Å². The zero-order chi connectivity index (χ0) is 16.5. The van der Waals surface area contributed by atoms with Crippen molar-refractivity contribution in [3.05, 3.63) is 34.1 Å². The van der Waals surface area contributed by atoms with Crippen molar-refractivity contribution in [2.24, 2.45) is 0 Å². The van der Waals surface area contributed by atoms with Crippen molar-refractivity contribution in [2.75, 3.05) is 13.7 Å². The molecule has 1 heterocycles. The van der Waals surface area contributed by atoms with E-state index in [0.29, 0.717) is 17.4 Å². The van der Waals surface area contributed by atoms with Gasteiger partial charge in [0.15, 0.2) is 0 Å². The van der Waals surface area contributed by atoms with Gasteiger partial charge in [-0.15, -0.1) is 0 Å². The highest BCUT2D eigenvalue weighted by Crippen LogP contribution is 2.35. The van der Waals surface area contributed by atoms with Gasteiger partial charge in [-0.05, 0) is 54.4 Å². The van der Waals surface area contributed by atoms with Gasteiger partial charge in [0, 0.05) is 13.5 Å². The van der Waals surface area contributed by atoms with Crippen LogP contribution in [0.15, 0.2) is 22.7 Å². The second-order valence-electron chi connectivity index (χ2n) is 6.42. The number of hydrogen-bond donors (Lipinski definition) is 0. The number of benzene rings is 1. The molecule has 2 atom stereocenters. The van der Waals surface area contributed by atoms with Gasteiger partial charge in [-0.1, -0.05) is 6.07 Å². The standard InChI is InChI=1S/C16H21BrFNO3/c1-16(2,3)22-15(20)19-9-11(21-4)8-14(19)10-5-6-12(17)13(18)7-10/h5-7,11,14H,8-9H2,1-4H3/t11-,14-/m1/s1. The van der Waals surface area contributed by atoms with Gasteiger partial charge in [0.1, 0.15) is 11.4 Å². The molecule has 0 aromatic heterocycles. The summed E-state index contributed by atoms with van der Waals surface area (Å²) in [5, 5.41) is 0. The Morgan fingerprint density at radius 1 is 1.41 bits per heavy atom. The van der Waals surface area contributed by atoms with Crippen LogP contribution >= 0.6 is 15.9 Å². The van der Waals surface area contributed by atoms with Gasteiger partial charge in [0.25, 0.3) is 0 Å². The Labute approximate surface area is 138 Å². The number of methoxy groups -OCH3 is 1. The number of hydrogen-bond acceptors (Lipinski definition) is 3. The Bertz CT molecular complexity index is 559. The topological polar surface area (TPSA) is 38.8 Å². The predicted octanol–water partition coefficient (Wildman–Crippen LogP) is 4.29. The highest BCUT2D eigenvalue weighted by atomic mass is 79.9. The highest BCUT2D eigenvalue weighted by Gasteiger charge is 2.38. The van der Waals surface area contributed by atoms with E-state index in [-0.39, 0.29) is 18.0 Å². The molecule has 0 saturated carbocycles. The SMILES string of the molecule is CO[C@@H]1C[C@H](c2ccc(Br)c(F)c2)N(C(=O)OC(C)(C)C)C1. The lowest BCUT2D eigenvalue weighted by atomic mass is 10.0. The van der Waals surface area contributed by atoms with E-state index in [0.717, 1.165) is 5.56 Å². The molecule has 2 rings (SSSR count). The number of halogens is 2. The minimum atomic E-state index is -0.572. The normalized spacial score (nSPS) is 22.0. The molecular formula is C16H21BrFNO3. The maximum atomic E-state index is 13.8. The summed E-state index contributed by atoms with van der Waals surface area (Å²) in [5.74, 6) is -0.345. The Kier molecular flexibility index (Phi) is 5.12. The monoisotopic (exact) mass is 373 g/mol. The molecule has 1 fully saturated rings. The smallest absolute Gasteiger partial charge is 0.410 e. The fourth-order valence-corrected chi connectivity index (χ4v) is 2.77. The highest BCUT2D eigenvalue weighted by molar-refractivity contribution is 9.10. The van der Waals surface area contributed by atoms with Gasteiger partial charge in [0.05, 0.1) is 23.2 Å². The van der Waals surface area contributed by atoms with Crippen LogP contribution in [0.4, 0.5) is 9.18 Å². The third-order valence-electron chi connectivity index (χ3n) is 3.55. The van der Waals surface area contributed by atoms with Gasteiger partial charge < -0.3 is 9.47 Å². The second kappa shape index (κ2) is 6.54. The minimum absolute atomic E-state index is 0.0794. The quantitative estimate of drug-likeness (QED) is 0.776. The summed E-state index contributed by atoms with van der Waals surface area (Å²) in [5.41, 5.74) is 0.170. The molecule has 1 aromatic carbocycles. The molecule has 0 aliphatic carbocycles. The van der Waals surface area contributed by atoms with Crippen molar-refractivity contribution in [3.8, 4) is 0 Å². The molecule has 0 bridgehead atoms. The fourth-order valence-electron chi connectivity index (χ4n) is 2.53. The van der Waals surface area contributed by atoms with E-state index in [4.69, 9.17) is 9.47 Å². The fraction of sp³-hybridized carbons (Fsp3) is 0.562. The van der Waals surface area contributed by atoms with Crippen molar-refractivity contribution in [2.45, 2.75) is 44.9 Å². The zero-order valence-corrected chi connectivity index (χ0v) is 14.8. The number of rotatable bonds is 2. The molecule has 1 amide bonds. The van der Waals surface area contributed by atoms with Crippen LogP contribution < -0.4 is 0 Å². The lowest BCUT2D eigenvalue weighted by Gasteiger charge is -2.28. The number of nitrogens with zero attached hydrogens (tertiary/aromatic N) is 1. The third kappa shape index (κ3) is 3.98. The summed E-state index contributed by atoms with van der Waals surface area (Å²) >= 11 is 3.14. The molecule has 1 saturated heterocycles. The molecule has 0 unspecified atom stereocenters. The average Bonchev–Trinajstić information content (AvgIpc) is 2.84. The predicted molar refractivity (Wildman–Crippen MR) is 85.2 cm³/mol. The minimum Gasteiger partial charge on any atom is -0.444 e. The van der Waals surface area contributed by atoms with Gasteiger partial charge in [0.2, 0.25) is 0 Å². The number of amides is 1. The van der Waals surface area contributed by atoms with E-state index >= 15 is 0 Å². The molecule has 1 aromatic rings. The third-order valence-corrected chi connectivity index (χ3v) is 4.20. The Balaban J connectivity index is 2.26. The van der Waals surface area contributed by atoms with Crippen molar-refractivity contribution in [1.82, 2.24) is 4.90 Å². The molecule has 1 aliphatic rings. The van der Waals surface area contributed by atoms with Crippen LogP contribution in [0.2, 0.25) is 0 Å². The number of carbonyl (C=O) groups is 1. The summed E-state index contributed by atoms with van der Waals surface area (Å²) in [4.78, 5) is 14.0. The molecule has 22 heavy (non-hydrogen) atoms. The van der Waals surface area contributed by atoms with E-state index in [1.807, 2.05) is 26.8 Å². The number of carbonyl (C=O) groups excluding carboxylic acids is 1. The van der Waals surface area contributed by atoms with Crippen LogP contribution in [0.5, 0.6) is 0 Å². The molecule has 0 N–H and O–H groups in total. The van der Waals surface area contributed by atoms with E-state index in [9.17, 15) is 9.18 Å². The molecule has 122 valence electrons. The largest absolute Gasteiger partial charge is 0.444 e. The summed E-state index contributed by atoms with van der Waals surface area (Å²) in [6.45, 7) is 5.91. The van der Waals surface area contributed by atoms with Crippen LogP contribution in [-0.4, -0.2) is 36.4 Å². The van der Waals surface area contributed by atoms with Gasteiger partial charge >= 0.3 is 6.09 Å². The van der Waals surface area contributed by atoms with Crippen LogP contribution in [0, 0.1) is 5.82 Å². The molecule has 6 heteroatoms. The lowest BCUT2D eigenvalue weighted by Crippen LogP contribution is -2.37. The second-order valence-corrected chi connectivity index (χ2v) is 7.27. The maximum Gasteiger partial charge on any atom is 0.410 e. The van der Waals surface area contributed by atoms with Gasteiger partial charge in [-0.2, -0.15) is 0 Å². The summed E-state index contributed by atoms with van der Waals surface area (Å²) in [7, 11) is 1.61. The van der Waals surface area contributed by atoms with E-state index in [1.54, 1.807) is 18.1 Å². The van der Waals surface area contributed by atoms with Crippen molar-refractivity contribution >= 4 is 22.0 Å². The van der Waals surface area contributed by atoms with Gasteiger partial charge in [-0.3, -0.25) is 4.90 Å². The zero-order valence-electron chi connectivity index (χ0n) is 13.2. The van der Waals surface area contributed by atoms with Crippen molar-refractivity contribution in [3.63, 3.8) is 0 Å². The first-order chi connectivity index (χ1) is 10.2. The van der Waals surface area contributed by atoms with E-state index in [1.165, 1.54) is 6.07 Å². The lowest BCUT2D eigenvalue weighted by molar-refractivity contribution is 0.0194. The Morgan fingerprint density at radius 3 is 2.64 bits per heavy atom. The van der Waals surface area contributed by atoms with E-state index in [2.05, 4.69) is 15.9 Å². The van der Waals surface area contributed by atoms with Crippen LogP contribution in [-0.2, 0) is 9.47 Å². The van der Waals surface area contributed by atoms with Crippen molar-refractivity contribution in [1.29, 1.82) is 0 Å². The first-order valence-electron chi connectivity index (χ1n) is 7.18. The number of likely N-dealkylation sites (tertiary alicyclic amines) is 1.